The van der Waals surface area contributed by atoms with Crippen LogP contribution in [0.15, 0.2) is 41.8 Å². The normalized spacial score (nSPS) is 16.4. The molecule has 1 fully saturated rings. The Morgan fingerprint density at radius 2 is 1.66 bits per heavy atom. The first kappa shape index (κ1) is 23.2. The van der Waals surface area contributed by atoms with Gasteiger partial charge >= 0.3 is 0 Å². The number of amides is 1. The Morgan fingerprint density at radius 3 is 2.25 bits per heavy atom. The van der Waals surface area contributed by atoms with E-state index in [1.807, 2.05) is 17.5 Å². The predicted molar refractivity (Wildman–Crippen MR) is 138 cm³/mol. The maximum Gasteiger partial charge on any atom is 0.266 e. The molecular formula is C26H33N3OS2. The minimum Gasteiger partial charge on any atom is -0.313 e. The third-order valence-electron chi connectivity index (χ3n) is 6.50. The van der Waals surface area contributed by atoms with Crippen LogP contribution in [0.25, 0.3) is 0 Å². The van der Waals surface area contributed by atoms with Gasteiger partial charge in [0.1, 0.15) is 5.00 Å². The monoisotopic (exact) mass is 467 g/mol. The summed E-state index contributed by atoms with van der Waals surface area (Å²) in [6.07, 6.45) is 0. The molecule has 1 aromatic carbocycles. The van der Waals surface area contributed by atoms with Crippen LogP contribution in [0.3, 0.4) is 0 Å². The van der Waals surface area contributed by atoms with Gasteiger partial charge in [0.2, 0.25) is 0 Å². The maximum atomic E-state index is 12.9. The molecule has 1 unspecified atom stereocenters. The third-order valence-corrected chi connectivity index (χ3v) is 8.51. The summed E-state index contributed by atoms with van der Waals surface area (Å²) in [5, 5.41) is 6.19. The van der Waals surface area contributed by atoms with Crippen molar-refractivity contribution in [2.45, 2.75) is 39.7 Å². The summed E-state index contributed by atoms with van der Waals surface area (Å²) in [4.78, 5) is 19.9. The molecule has 0 spiro atoms. The van der Waals surface area contributed by atoms with Crippen molar-refractivity contribution in [1.82, 2.24) is 9.80 Å². The highest BCUT2D eigenvalue weighted by Crippen LogP contribution is 2.43. The highest BCUT2D eigenvalue weighted by Gasteiger charge is 2.31. The molecule has 3 heterocycles. The van der Waals surface area contributed by atoms with Crippen molar-refractivity contribution in [1.29, 1.82) is 0 Å². The van der Waals surface area contributed by atoms with E-state index in [2.05, 4.69) is 74.1 Å². The molecule has 1 aliphatic heterocycles. The van der Waals surface area contributed by atoms with E-state index in [-0.39, 0.29) is 11.9 Å². The van der Waals surface area contributed by atoms with Crippen LogP contribution in [-0.2, 0) is 0 Å². The van der Waals surface area contributed by atoms with Crippen LogP contribution in [0.4, 0.5) is 5.00 Å². The van der Waals surface area contributed by atoms with Gasteiger partial charge in [0.25, 0.3) is 5.91 Å². The summed E-state index contributed by atoms with van der Waals surface area (Å²) in [6, 6.07) is 13.0. The molecule has 170 valence electrons. The lowest BCUT2D eigenvalue weighted by Crippen LogP contribution is -2.46. The van der Waals surface area contributed by atoms with E-state index < -0.39 is 0 Å². The van der Waals surface area contributed by atoms with Crippen molar-refractivity contribution in [2.24, 2.45) is 0 Å². The molecule has 4 nitrogen and oxygen atoms in total. The van der Waals surface area contributed by atoms with Crippen LogP contribution in [0, 0.1) is 13.8 Å². The number of carbonyl (C=O) groups excluding carboxylic acids is 1. The van der Waals surface area contributed by atoms with E-state index in [0.29, 0.717) is 5.92 Å². The first-order valence-electron chi connectivity index (χ1n) is 11.3. The summed E-state index contributed by atoms with van der Waals surface area (Å²) in [5.41, 5.74) is 5.19. The average Bonchev–Trinajstić information content (AvgIpc) is 3.40. The fourth-order valence-electron chi connectivity index (χ4n) is 4.34. The molecule has 4 rings (SSSR count). The molecular weight excluding hydrogens is 434 g/mol. The Morgan fingerprint density at radius 1 is 1.00 bits per heavy atom. The molecule has 3 aromatic rings. The van der Waals surface area contributed by atoms with Gasteiger partial charge in [0.05, 0.1) is 10.9 Å². The summed E-state index contributed by atoms with van der Waals surface area (Å²) in [6.45, 7) is 13.0. The molecule has 1 saturated heterocycles. The van der Waals surface area contributed by atoms with E-state index in [4.69, 9.17) is 0 Å². The minimum absolute atomic E-state index is 0.0187. The van der Waals surface area contributed by atoms with Crippen LogP contribution in [-0.4, -0.2) is 48.9 Å². The zero-order valence-corrected chi connectivity index (χ0v) is 21.3. The molecule has 0 radical (unpaired) electrons. The fourth-order valence-corrected chi connectivity index (χ4v) is 6.05. The second kappa shape index (κ2) is 9.87. The molecule has 6 heteroatoms. The van der Waals surface area contributed by atoms with Gasteiger partial charge in [-0.15, -0.1) is 22.7 Å². The van der Waals surface area contributed by atoms with Crippen LogP contribution >= 0.6 is 22.7 Å². The fraction of sp³-hybridized carbons (Fsp3) is 0.423. The van der Waals surface area contributed by atoms with E-state index in [1.54, 1.807) is 11.3 Å². The quantitative estimate of drug-likeness (QED) is 0.473. The second-order valence-electron chi connectivity index (χ2n) is 9.02. The smallest absolute Gasteiger partial charge is 0.266 e. The number of nitrogens with one attached hydrogen (secondary N) is 1. The number of hydrogen-bond acceptors (Lipinski definition) is 5. The van der Waals surface area contributed by atoms with Gasteiger partial charge < -0.3 is 10.2 Å². The first-order chi connectivity index (χ1) is 15.3. The lowest BCUT2D eigenvalue weighted by molar-refractivity contribution is 0.103. The van der Waals surface area contributed by atoms with E-state index in [1.165, 1.54) is 38.5 Å². The number of benzene rings is 1. The molecule has 0 bridgehead atoms. The van der Waals surface area contributed by atoms with Crippen LogP contribution < -0.4 is 5.32 Å². The van der Waals surface area contributed by atoms with Crippen LogP contribution in [0.2, 0.25) is 0 Å². The van der Waals surface area contributed by atoms with Crippen molar-refractivity contribution in [2.75, 3.05) is 38.5 Å². The number of likely N-dealkylation sites (N-methyl/N-ethyl adjacent to an activating group) is 1. The number of rotatable bonds is 6. The molecule has 2 aromatic heterocycles. The van der Waals surface area contributed by atoms with Gasteiger partial charge in [-0.3, -0.25) is 9.69 Å². The van der Waals surface area contributed by atoms with Gasteiger partial charge in [-0.25, -0.2) is 0 Å². The molecule has 0 saturated carbocycles. The van der Waals surface area contributed by atoms with Gasteiger partial charge in [0.15, 0.2) is 0 Å². The van der Waals surface area contributed by atoms with Crippen molar-refractivity contribution < 1.29 is 4.79 Å². The van der Waals surface area contributed by atoms with Gasteiger partial charge in [-0.2, -0.15) is 0 Å². The Balaban J connectivity index is 1.76. The molecule has 1 atom stereocenters. The number of hydrogen-bond donors (Lipinski definition) is 1. The topological polar surface area (TPSA) is 35.6 Å². The number of piperazine rings is 1. The molecule has 1 aliphatic rings. The number of anilines is 1. The Bertz CT molecular complexity index is 1050. The Kier molecular flexibility index (Phi) is 7.15. The van der Waals surface area contributed by atoms with E-state index in [9.17, 15) is 4.79 Å². The van der Waals surface area contributed by atoms with Crippen LogP contribution in [0.1, 0.15) is 62.6 Å². The summed E-state index contributed by atoms with van der Waals surface area (Å²) < 4.78 is 0. The van der Waals surface area contributed by atoms with Gasteiger partial charge in [-0.05, 0) is 54.9 Å². The third kappa shape index (κ3) is 4.84. The number of thiophene rings is 2. The van der Waals surface area contributed by atoms with Crippen molar-refractivity contribution >= 4 is 33.6 Å². The van der Waals surface area contributed by atoms with Crippen molar-refractivity contribution in [3.8, 4) is 0 Å². The zero-order chi connectivity index (χ0) is 22.8. The Hall–Kier alpha value is -1.99. The SMILES string of the molecule is Cc1sc(NC(=O)c2cccs2)c(C(c2ccc(C(C)C)cc2)N2CCN(C)CC2)c1C. The molecule has 32 heavy (non-hydrogen) atoms. The first-order valence-corrected chi connectivity index (χ1v) is 13.0. The second-order valence-corrected chi connectivity index (χ2v) is 11.2. The maximum absolute atomic E-state index is 12.9. The van der Waals surface area contributed by atoms with Crippen LogP contribution in [0.5, 0.6) is 0 Å². The van der Waals surface area contributed by atoms with Gasteiger partial charge in [0, 0.05) is 36.6 Å². The molecule has 1 amide bonds. The lowest BCUT2D eigenvalue weighted by atomic mass is 9.92. The van der Waals surface area contributed by atoms with E-state index >= 15 is 0 Å². The lowest BCUT2D eigenvalue weighted by Gasteiger charge is -2.39. The standard InChI is InChI=1S/C26H33N3OS2/c1-17(2)20-8-10-21(11-9-20)24(29-14-12-28(5)13-15-29)23-18(3)19(4)32-26(23)27-25(30)22-7-6-16-31-22/h6-11,16-17,24H,12-15H2,1-5H3,(H,27,30). The van der Waals surface area contributed by atoms with Crippen molar-refractivity contribution in [3.05, 3.63) is 73.8 Å². The van der Waals surface area contributed by atoms with Crippen molar-refractivity contribution in [3.63, 3.8) is 0 Å². The van der Waals surface area contributed by atoms with E-state index in [0.717, 1.165) is 36.1 Å². The van der Waals surface area contributed by atoms with Gasteiger partial charge in [-0.1, -0.05) is 44.2 Å². The highest BCUT2D eigenvalue weighted by molar-refractivity contribution is 7.17. The largest absolute Gasteiger partial charge is 0.313 e. The zero-order valence-electron chi connectivity index (χ0n) is 19.6. The number of aryl methyl sites for hydroxylation is 1. The summed E-state index contributed by atoms with van der Waals surface area (Å²) in [5.74, 6) is 0.492. The molecule has 0 aliphatic carbocycles. The Labute approximate surface area is 199 Å². The number of carbonyl (C=O) groups is 1. The minimum atomic E-state index is -0.0187. The molecule has 1 N–H and O–H groups in total. The average molecular weight is 468 g/mol. The number of nitrogens with zero attached hydrogens (tertiary/aromatic N) is 2. The predicted octanol–water partition coefficient (Wildman–Crippen LogP) is 6.14. The summed E-state index contributed by atoms with van der Waals surface area (Å²) >= 11 is 3.18. The highest BCUT2D eigenvalue weighted by atomic mass is 32.1. The summed E-state index contributed by atoms with van der Waals surface area (Å²) in [7, 11) is 2.19.